The Morgan fingerprint density at radius 2 is 1.86 bits per heavy atom. The third-order valence-corrected chi connectivity index (χ3v) is 6.53. The second-order valence-corrected chi connectivity index (χ2v) is 10.3. The summed E-state index contributed by atoms with van der Waals surface area (Å²) in [6, 6.07) is 6.64. The average Bonchev–Trinajstić information content (AvgIpc) is 3.04. The van der Waals surface area contributed by atoms with Crippen molar-refractivity contribution in [2.45, 2.75) is 44.6 Å². The van der Waals surface area contributed by atoms with Gasteiger partial charge in [-0.2, -0.15) is 8.42 Å². The van der Waals surface area contributed by atoms with Crippen LogP contribution in [0.1, 0.15) is 32.8 Å². The molecule has 2 aliphatic rings. The number of likely N-dealkylation sites (tertiary alicyclic amines) is 1. The number of ether oxygens (including phenoxy) is 1. The Bertz CT molecular complexity index is 839. The number of hydrogen-bond donors (Lipinski definition) is 0. The first-order valence-corrected chi connectivity index (χ1v) is 11.1. The van der Waals surface area contributed by atoms with E-state index < -0.39 is 15.7 Å². The van der Waals surface area contributed by atoms with Crippen molar-refractivity contribution in [3.05, 3.63) is 42.0 Å². The van der Waals surface area contributed by atoms with E-state index in [1.165, 1.54) is 0 Å². The molecule has 3 rings (SSSR count). The largest absolute Gasteiger partial charge is 0.444 e. The molecule has 1 saturated heterocycles. The summed E-state index contributed by atoms with van der Waals surface area (Å²) in [5.41, 5.74) is 0.457. The van der Waals surface area contributed by atoms with Crippen LogP contribution >= 0.6 is 0 Å². The molecular formula is C21H29NO5S. The van der Waals surface area contributed by atoms with E-state index in [9.17, 15) is 13.2 Å². The van der Waals surface area contributed by atoms with Crippen molar-refractivity contribution in [2.75, 3.05) is 19.7 Å². The molecule has 0 bridgehead atoms. The van der Waals surface area contributed by atoms with Crippen molar-refractivity contribution < 1.29 is 22.1 Å². The fourth-order valence-electron chi connectivity index (χ4n) is 3.78. The molecule has 0 spiro atoms. The van der Waals surface area contributed by atoms with Gasteiger partial charge in [0.05, 0.1) is 11.5 Å². The highest BCUT2D eigenvalue weighted by Crippen LogP contribution is 2.37. The van der Waals surface area contributed by atoms with E-state index in [1.54, 1.807) is 29.2 Å². The first kappa shape index (κ1) is 20.9. The Balaban J connectivity index is 1.63. The summed E-state index contributed by atoms with van der Waals surface area (Å²) in [5, 5.41) is 0. The second kappa shape index (κ2) is 7.87. The molecule has 28 heavy (non-hydrogen) atoms. The summed E-state index contributed by atoms with van der Waals surface area (Å²) < 4.78 is 35.8. The number of aryl methyl sites for hydroxylation is 1. The molecule has 0 N–H and O–H groups in total. The molecule has 1 aliphatic carbocycles. The summed E-state index contributed by atoms with van der Waals surface area (Å²) in [6.45, 7) is 8.72. The lowest BCUT2D eigenvalue weighted by molar-refractivity contribution is 0.0279. The second-order valence-electron chi connectivity index (χ2n) is 8.69. The smallest absolute Gasteiger partial charge is 0.410 e. The number of fused-ring (bicyclic) bond motifs is 1. The van der Waals surface area contributed by atoms with Gasteiger partial charge < -0.3 is 9.64 Å². The topological polar surface area (TPSA) is 72.9 Å². The maximum atomic E-state index is 12.5. The molecule has 1 aliphatic heterocycles. The molecule has 154 valence electrons. The van der Waals surface area contributed by atoms with Gasteiger partial charge in [-0.15, -0.1) is 0 Å². The lowest BCUT2D eigenvalue weighted by Crippen LogP contribution is -2.36. The van der Waals surface area contributed by atoms with E-state index in [1.807, 2.05) is 27.7 Å². The molecular weight excluding hydrogens is 378 g/mol. The third kappa shape index (κ3) is 4.94. The van der Waals surface area contributed by atoms with Crippen LogP contribution in [0.3, 0.4) is 0 Å². The van der Waals surface area contributed by atoms with Crippen molar-refractivity contribution >= 4 is 16.2 Å². The minimum absolute atomic E-state index is 0.0441. The van der Waals surface area contributed by atoms with Gasteiger partial charge >= 0.3 is 6.09 Å². The minimum Gasteiger partial charge on any atom is -0.444 e. The average molecular weight is 408 g/mol. The zero-order valence-electron chi connectivity index (χ0n) is 16.9. The molecule has 1 aromatic carbocycles. The third-order valence-electron chi connectivity index (χ3n) is 5.24. The maximum Gasteiger partial charge on any atom is 0.410 e. The first-order chi connectivity index (χ1) is 13.0. The van der Waals surface area contributed by atoms with Crippen LogP contribution in [0.2, 0.25) is 0 Å². The summed E-state index contributed by atoms with van der Waals surface area (Å²) in [7, 11) is -3.79. The fraction of sp³-hybridized carbons (Fsp3) is 0.571. The van der Waals surface area contributed by atoms with Gasteiger partial charge in [-0.3, -0.25) is 4.18 Å². The number of benzene rings is 1. The van der Waals surface area contributed by atoms with Crippen LogP contribution < -0.4 is 0 Å². The van der Waals surface area contributed by atoms with Crippen LogP contribution in [0.25, 0.3) is 0 Å². The predicted molar refractivity (Wildman–Crippen MR) is 106 cm³/mol. The Labute approximate surface area is 167 Å². The predicted octanol–water partition coefficient (Wildman–Crippen LogP) is 3.76. The fourth-order valence-corrected chi connectivity index (χ4v) is 4.74. The number of carbonyl (C=O) groups excluding carboxylic acids is 1. The highest BCUT2D eigenvalue weighted by Gasteiger charge is 2.41. The quantitative estimate of drug-likeness (QED) is 0.561. The van der Waals surface area contributed by atoms with E-state index in [0.29, 0.717) is 13.1 Å². The van der Waals surface area contributed by atoms with Crippen molar-refractivity contribution in [3.8, 4) is 0 Å². The van der Waals surface area contributed by atoms with Crippen molar-refractivity contribution in [1.29, 1.82) is 0 Å². The van der Waals surface area contributed by atoms with E-state index in [2.05, 4.69) is 12.2 Å². The Kier molecular flexibility index (Phi) is 5.87. The van der Waals surface area contributed by atoms with Gasteiger partial charge in [0.25, 0.3) is 10.1 Å². The lowest BCUT2D eigenvalue weighted by atomic mass is 9.78. The lowest BCUT2D eigenvalue weighted by Gasteiger charge is -2.28. The number of nitrogens with zero attached hydrogens (tertiary/aromatic N) is 1. The molecule has 1 heterocycles. The number of amides is 1. The van der Waals surface area contributed by atoms with Gasteiger partial charge in [0.15, 0.2) is 0 Å². The standard InChI is InChI=1S/C21H29NO5S/c1-15-8-10-18(11-9-15)28(24,25)26-14-17-7-5-6-16-12-22(13-19(16)17)20(23)27-21(2,3)4/h5-6,8-11,16-17,19H,7,12-14H2,1-4H3/t16-,17+,19+/m0/s1. The molecule has 1 aromatic rings. The highest BCUT2D eigenvalue weighted by molar-refractivity contribution is 7.86. The van der Waals surface area contributed by atoms with Crippen molar-refractivity contribution in [1.82, 2.24) is 4.90 Å². The molecule has 0 unspecified atom stereocenters. The summed E-state index contributed by atoms with van der Waals surface area (Å²) in [6.07, 6.45) is 4.61. The van der Waals surface area contributed by atoms with E-state index in [0.717, 1.165) is 12.0 Å². The van der Waals surface area contributed by atoms with E-state index >= 15 is 0 Å². The van der Waals surface area contributed by atoms with Gasteiger partial charge in [0, 0.05) is 13.1 Å². The zero-order valence-corrected chi connectivity index (χ0v) is 17.7. The van der Waals surface area contributed by atoms with Gasteiger partial charge in [-0.25, -0.2) is 4.79 Å². The van der Waals surface area contributed by atoms with E-state index in [4.69, 9.17) is 8.92 Å². The number of allylic oxidation sites excluding steroid dienone is 1. The van der Waals surface area contributed by atoms with Crippen molar-refractivity contribution in [3.63, 3.8) is 0 Å². The molecule has 7 heteroatoms. The van der Waals surface area contributed by atoms with Gasteiger partial charge in [-0.05, 0) is 64.0 Å². The SMILES string of the molecule is Cc1ccc(S(=O)(=O)OC[C@H]2CC=C[C@H]3CN(C(=O)OC(C)(C)C)C[C@@H]23)cc1. The summed E-state index contributed by atoms with van der Waals surface area (Å²) in [4.78, 5) is 14.3. The minimum atomic E-state index is -3.79. The molecule has 6 nitrogen and oxygen atoms in total. The highest BCUT2D eigenvalue weighted by atomic mass is 32.2. The van der Waals surface area contributed by atoms with Crippen LogP contribution in [0, 0.1) is 24.7 Å². The van der Waals surface area contributed by atoms with Crippen LogP contribution in [0.15, 0.2) is 41.3 Å². The monoisotopic (exact) mass is 407 g/mol. The van der Waals surface area contributed by atoms with Crippen LogP contribution in [0.5, 0.6) is 0 Å². The first-order valence-electron chi connectivity index (χ1n) is 9.66. The zero-order chi connectivity index (χ0) is 20.5. The maximum absolute atomic E-state index is 12.5. The van der Waals surface area contributed by atoms with Crippen LogP contribution in [-0.2, 0) is 19.0 Å². The number of hydrogen-bond acceptors (Lipinski definition) is 5. The molecule has 1 fully saturated rings. The van der Waals surface area contributed by atoms with Crippen LogP contribution in [-0.4, -0.2) is 44.7 Å². The molecule has 1 amide bonds. The van der Waals surface area contributed by atoms with Gasteiger partial charge in [0.2, 0.25) is 0 Å². The van der Waals surface area contributed by atoms with Gasteiger partial charge in [-0.1, -0.05) is 29.8 Å². The van der Waals surface area contributed by atoms with Crippen LogP contribution in [0.4, 0.5) is 4.79 Å². The van der Waals surface area contributed by atoms with Gasteiger partial charge in [0.1, 0.15) is 5.60 Å². The molecule has 0 aromatic heterocycles. The molecule has 0 saturated carbocycles. The summed E-state index contributed by atoms with van der Waals surface area (Å²) in [5.74, 6) is 0.422. The Hall–Kier alpha value is -1.86. The molecule has 0 radical (unpaired) electrons. The normalized spacial score (nSPS) is 24.9. The molecule has 3 atom stereocenters. The van der Waals surface area contributed by atoms with Crippen molar-refractivity contribution in [2.24, 2.45) is 17.8 Å². The summed E-state index contributed by atoms with van der Waals surface area (Å²) >= 11 is 0. The van der Waals surface area contributed by atoms with E-state index in [-0.39, 0.29) is 35.3 Å². The number of rotatable bonds is 4. The Morgan fingerprint density at radius 1 is 1.18 bits per heavy atom. The number of carbonyl (C=O) groups is 1. The Morgan fingerprint density at radius 3 is 2.50 bits per heavy atom.